The van der Waals surface area contributed by atoms with Crippen LogP contribution < -0.4 is 5.32 Å². The first kappa shape index (κ1) is 15.7. The highest BCUT2D eigenvalue weighted by Crippen LogP contribution is 2.37. The van der Waals surface area contributed by atoms with Crippen molar-refractivity contribution in [3.8, 4) is 0 Å². The number of aryl methyl sites for hydroxylation is 1. The number of ether oxygens (including phenoxy) is 1. The lowest BCUT2D eigenvalue weighted by Crippen LogP contribution is -2.06. The largest absolute Gasteiger partial charge is 0.383 e. The Labute approximate surface area is 129 Å². The van der Waals surface area contributed by atoms with Gasteiger partial charge in [-0.15, -0.1) is 10.2 Å². The van der Waals surface area contributed by atoms with Crippen molar-refractivity contribution in [3.63, 3.8) is 0 Å². The van der Waals surface area contributed by atoms with E-state index in [1.807, 2.05) is 13.0 Å². The summed E-state index contributed by atoms with van der Waals surface area (Å²) < 4.78 is 5.59. The van der Waals surface area contributed by atoms with Crippen LogP contribution >= 0.6 is 23.1 Å². The number of nitrogens with one attached hydrogen (secondary N) is 1. The fraction of sp³-hybridized carbons (Fsp3) is 0.333. The SMILES string of the molecule is COCCNc1nnc(Sc2ccc(C)cc2[N+](=O)[O-])s1. The quantitative estimate of drug-likeness (QED) is 0.475. The Balaban J connectivity index is 2.10. The van der Waals surface area contributed by atoms with E-state index in [0.717, 1.165) is 5.56 Å². The number of rotatable bonds is 7. The van der Waals surface area contributed by atoms with Crippen LogP contribution in [-0.2, 0) is 4.74 Å². The van der Waals surface area contributed by atoms with Gasteiger partial charge in [0.15, 0.2) is 4.34 Å². The van der Waals surface area contributed by atoms with Crippen LogP contribution in [0.4, 0.5) is 10.8 Å². The second-order valence-corrected chi connectivity index (χ2v) is 6.39. The van der Waals surface area contributed by atoms with E-state index in [1.165, 1.54) is 23.1 Å². The Morgan fingerprint density at radius 1 is 1.48 bits per heavy atom. The van der Waals surface area contributed by atoms with Gasteiger partial charge in [0.25, 0.3) is 5.69 Å². The molecule has 0 atom stereocenters. The van der Waals surface area contributed by atoms with Crippen molar-refractivity contribution in [1.82, 2.24) is 10.2 Å². The molecule has 7 nitrogen and oxygen atoms in total. The lowest BCUT2D eigenvalue weighted by molar-refractivity contribution is -0.387. The maximum Gasteiger partial charge on any atom is 0.283 e. The van der Waals surface area contributed by atoms with Gasteiger partial charge in [0.1, 0.15) is 0 Å². The number of anilines is 1. The summed E-state index contributed by atoms with van der Waals surface area (Å²) in [6.45, 7) is 3.04. The third kappa shape index (κ3) is 4.38. The molecule has 1 aromatic heterocycles. The second kappa shape index (κ2) is 7.34. The number of nitro groups is 1. The summed E-state index contributed by atoms with van der Waals surface area (Å²) in [5.41, 5.74) is 0.939. The molecule has 0 fully saturated rings. The number of nitro benzene ring substituents is 1. The standard InChI is InChI=1S/C12H14N4O3S2/c1-8-3-4-10(9(7-8)16(17)18)20-12-15-14-11(21-12)13-5-6-19-2/h3-4,7H,5-6H2,1-2H3,(H,13,14). The monoisotopic (exact) mass is 326 g/mol. The van der Waals surface area contributed by atoms with Gasteiger partial charge in [0, 0.05) is 19.7 Å². The number of hydrogen-bond acceptors (Lipinski definition) is 8. The Hall–Kier alpha value is -1.71. The molecule has 1 heterocycles. The van der Waals surface area contributed by atoms with Crippen LogP contribution in [0.3, 0.4) is 0 Å². The highest BCUT2D eigenvalue weighted by molar-refractivity contribution is 8.01. The molecule has 9 heteroatoms. The van der Waals surface area contributed by atoms with Crippen molar-refractivity contribution in [2.45, 2.75) is 16.2 Å². The molecule has 0 saturated heterocycles. The molecule has 2 aromatic rings. The van der Waals surface area contributed by atoms with Crippen molar-refractivity contribution in [2.75, 3.05) is 25.6 Å². The van der Waals surface area contributed by atoms with Crippen LogP contribution in [0.2, 0.25) is 0 Å². The molecule has 0 unspecified atom stereocenters. The minimum atomic E-state index is -0.381. The first-order chi connectivity index (χ1) is 10.1. The number of benzene rings is 1. The normalized spacial score (nSPS) is 10.6. The van der Waals surface area contributed by atoms with Gasteiger partial charge in [-0.1, -0.05) is 17.4 Å². The Morgan fingerprint density at radius 2 is 2.29 bits per heavy atom. The lowest BCUT2D eigenvalue weighted by atomic mass is 10.2. The fourth-order valence-corrected chi connectivity index (χ4v) is 3.35. The Kier molecular flexibility index (Phi) is 5.48. The third-order valence-electron chi connectivity index (χ3n) is 2.50. The summed E-state index contributed by atoms with van der Waals surface area (Å²) in [5.74, 6) is 0. The molecule has 0 aliphatic heterocycles. The van der Waals surface area contributed by atoms with Gasteiger partial charge in [-0.2, -0.15) is 0 Å². The number of hydrogen-bond donors (Lipinski definition) is 1. The number of aromatic nitrogens is 2. The Bertz CT molecular complexity index is 633. The van der Waals surface area contributed by atoms with E-state index in [1.54, 1.807) is 19.2 Å². The van der Waals surface area contributed by atoms with E-state index in [4.69, 9.17) is 4.74 Å². The molecular formula is C12H14N4O3S2. The Morgan fingerprint density at radius 3 is 3.00 bits per heavy atom. The van der Waals surface area contributed by atoms with Crippen molar-refractivity contribution in [2.24, 2.45) is 0 Å². The molecule has 0 bridgehead atoms. The van der Waals surface area contributed by atoms with Gasteiger partial charge in [-0.25, -0.2) is 0 Å². The zero-order chi connectivity index (χ0) is 15.2. The van der Waals surface area contributed by atoms with E-state index in [9.17, 15) is 10.1 Å². The predicted octanol–water partition coefficient (Wildman–Crippen LogP) is 2.96. The second-order valence-electron chi connectivity index (χ2n) is 4.12. The van der Waals surface area contributed by atoms with Gasteiger partial charge < -0.3 is 10.1 Å². The van der Waals surface area contributed by atoms with Crippen LogP contribution in [0, 0.1) is 17.0 Å². The molecule has 0 amide bonds. The van der Waals surface area contributed by atoms with Crippen molar-refractivity contribution < 1.29 is 9.66 Å². The molecule has 112 valence electrons. The molecule has 0 spiro atoms. The van der Waals surface area contributed by atoms with Crippen molar-refractivity contribution in [1.29, 1.82) is 0 Å². The molecule has 0 aliphatic carbocycles. The van der Waals surface area contributed by atoms with Crippen LogP contribution in [0.5, 0.6) is 0 Å². The molecule has 21 heavy (non-hydrogen) atoms. The highest BCUT2D eigenvalue weighted by Gasteiger charge is 2.17. The van der Waals surface area contributed by atoms with Crippen LogP contribution in [0.15, 0.2) is 27.4 Å². The average molecular weight is 326 g/mol. The first-order valence-corrected chi connectivity index (χ1v) is 7.72. The van der Waals surface area contributed by atoms with E-state index in [-0.39, 0.29) is 10.6 Å². The first-order valence-electron chi connectivity index (χ1n) is 6.09. The lowest BCUT2D eigenvalue weighted by Gasteiger charge is -2.01. The summed E-state index contributed by atoms with van der Waals surface area (Å²) in [4.78, 5) is 11.3. The molecule has 1 aromatic carbocycles. The maximum atomic E-state index is 11.1. The molecule has 0 aliphatic rings. The maximum absolute atomic E-state index is 11.1. The van der Waals surface area contributed by atoms with Crippen LogP contribution in [0.25, 0.3) is 0 Å². The van der Waals surface area contributed by atoms with E-state index in [0.29, 0.717) is 27.5 Å². The summed E-state index contributed by atoms with van der Waals surface area (Å²) in [5, 5.41) is 22.8. The molecule has 0 saturated carbocycles. The molecule has 0 radical (unpaired) electrons. The zero-order valence-electron chi connectivity index (χ0n) is 11.5. The smallest absolute Gasteiger partial charge is 0.283 e. The minimum absolute atomic E-state index is 0.0871. The average Bonchev–Trinajstić information content (AvgIpc) is 2.88. The van der Waals surface area contributed by atoms with E-state index >= 15 is 0 Å². The van der Waals surface area contributed by atoms with Gasteiger partial charge in [-0.3, -0.25) is 10.1 Å². The summed E-state index contributed by atoms with van der Waals surface area (Å²) in [6, 6.07) is 5.13. The van der Waals surface area contributed by atoms with Gasteiger partial charge in [0.2, 0.25) is 5.13 Å². The minimum Gasteiger partial charge on any atom is -0.383 e. The van der Waals surface area contributed by atoms with Gasteiger partial charge in [-0.05, 0) is 30.3 Å². The predicted molar refractivity (Wildman–Crippen MR) is 82.2 cm³/mol. The zero-order valence-corrected chi connectivity index (χ0v) is 13.2. The van der Waals surface area contributed by atoms with Gasteiger partial charge in [0.05, 0.1) is 16.4 Å². The summed E-state index contributed by atoms with van der Waals surface area (Å²) >= 11 is 2.60. The third-order valence-corrected chi connectivity index (χ3v) is 4.49. The molecular weight excluding hydrogens is 312 g/mol. The fourth-order valence-electron chi connectivity index (χ4n) is 1.53. The van der Waals surface area contributed by atoms with Crippen LogP contribution in [0.1, 0.15) is 5.56 Å². The molecule has 2 rings (SSSR count). The molecule has 1 N–H and O–H groups in total. The number of methoxy groups -OCH3 is 1. The van der Waals surface area contributed by atoms with Crippen molar-refractivity contribution >= 4 is 33.9 Å². The number of nitrogens with zero attached hydrogens (tertiary/aromatic N) is 3. The van der Waals surface area contributed by atoms with E-state index < -0.39 is 0 Å². The summed E-state index contributed by atoms with van der Waals surface area (Å²) in [7, 11) is 1.62. The topological polar surface area (TPSA) is 90.2 Å². The van der Waals surface area contributed by atoms with E-state index in [2.05, 4.69) is 15.5 Å². The highest BCUT2D eigenvalue weighted by atomic mass is 32.2. The van der Waals surface area contributed by atoms with Crippen molar-refractivity contribution in [3.05, 3.63) is 33.9 Å². The summed E-state index contributed by atoms with van der Waals surface area (Å²) in [6.07, 6.45) is 0. The van der Waals surface area contributed by atoms with Gasteiger partial charge >= 0.3 is 0 Å². The van der Waals surface area contributed by atoms with Crippen LogP contribution in [-0.4, -0.2) is 35.4 Å².